The van der Waals surface area contributed by atoms with E-state index in [1.54, 1.807) is 19.1 Å². The summed E-state index contributed by atoms with van der Waals surface area (Å²) < 4.78 is 5.59. The topological polar surface area (TPSA) is 53.3 Å². The third kappa shape index (κ3) is 3.18. The van der Waals surface area contributed by atoms with Crippen molar-refractivity contribution in [1.29, 1.82) is 5.26 Å². The van der Waals surface area contributed by atoms with E-state index in [1.807, 2.05) is 11.0 Å². The van der Waals surface area contributed by atoms with Crippen LogP contribution in [0, 0.1) is 11.3 Å². The molecule has 0 unspecified atom stereocenters. The number of hydrogen-bond acceptors (Lipinski definition) is 3. The molecule has 100 valence electrons. The number of nitrogens with zero attached hydrogens (tertiary/aromatic N) is 2. The Balaban J connectivity index is 2.04. The molecular formula is C14H15ClN2O2. The van der Waals surface area contributed by atoms with E-state index in [-0.39, 0.29) is 5.91 Å². The van der Waals surface area contributed by atoms with Gasteiger partial charge in [0.2, 0.25) is 0 Å². The van der Waals surface area contributed by atoms with Crippen molar-refractivity contribution < 1.29 is 9.53 Å². The molecule has 1 aromatic carbocycles. The summed E-state index contributed by atoms with van der Waals surface area (Å²) in [4.78, 5) is 13.9. The quantitative estimate of drug-likeness (QED) is 0.854. The Kier molecular flexibility index (Phi) is 4.28. The molecule has 0 N–H and O–H groups in total. The molecule has 1 atom stereocenters. The summed E-state index contributed by atoms with van der Waals surface area (Å²) in [6.45, 7) is 3.32. The highest BCUT2D eigenvalue weighted by atomic mass is 35.5. The number of carbonyl (C=O) groups excluding carboxylic acids is 1. The Hall–Kier alpha value is -1.73. The molecule has 4 nitrogen and oxygen atoms in total. The second-order valence-electron chi connectivity index (χ2n) is 4.55. The first-order valence-electron chi connectivity index (χ1n) is 6.27. The van der Waals surface area contributed by atoms with Crippen LogP contribution >= 0.6 is 11.6 Å². The third-order valence-corrected chi connectivity index (χ3v) is 3.43. The highest BCUT2D eigenvalue weighted by molar-refractivity contribution is 6.32. The molecular weight excluding hydrogens is 264 g/mol. The highest BCUT2D eigenvalue weighted by Crippen LogP contribution is 2.26. The van der Waals surface area contributed by atoms with Gasteiger partial charge in [0.05, 0.1) is 16.7 Å². The molecule has 1 aromatic rings. The lowest BCUT2D eigenvalue weighted by Gasteiger charge is -2.21. The van der Waals surface area contributed by atoms with Gasteiger partial charge >= 0.3 is 0 Å². The summed E-state index contributed by atoms with van der Waals surface area (Å²) in [7, 11) is 0. The average Bonchev–Trinajstić information content (AvgIpc) is 2.94. The van der Waals surface area contributed by atoms with Crippen LogP contribution in [0.25, 0.3) is 0 Å². The molecule has 0 aliphatic carbocycles. The zero-order valence-corrected chi connectivity index (χ0v) is 11.5. The number of rotatable bonds is 3. The van der Waals surface area contributed by atoms with Crippen LogP contribution in [0.15, 0.2) is 18.2 Å². The number of hydrogen-bond donors (Lipinski definition) is 0. The minimum atomic E-state index is -0.566. The SMILES string of the molecule is C[C@@H](Oc1ccc(C#N)cc1Cl)C(=O)N1CCCC1. The largest absolute Gasteiger partial charge is 0.479 e. The summed E-state index contributed by atoms with van der Waals surface area (Å²) in [5.74, 6) is 0.415. The van der Waals surface area contributed by atoms with Crippen molar-refractivity contribution in [2.75, 3.05) is 13.1 Å². The standard InChI is InChI=1S/C14H15ClN2O2/c1-10(14(18)17-6-2-3-7-17)19-13-5-4-11(9-16)8-12(13)15/h4-5,8,10H,2-3,6-7H2,1H3/t10-/m1/s1. The van der Waals surface area contributed by atoms with Gasteiger partial charge in [-0.05, 0) is 38.0 Å². The van der Waals surface area contributed by atoms with Crippen LogP contribution in [0.2, 0.25) is 5.02 Å². The number of amides is 1. The maximum atomic E-state index is 12.1. The maximum Gasteiger partial charge on any atom is 0.263 e. The first-order valence-corrected chi connectivity index (χ1v) is 6.64. The molecule has 2 rings (SSSR count). The van der Waals surface area contributed by atoms with Crippen molar-refractivity contribution >= 4 is 17.5 Å². The normalized spacial score (nSPS) is 15.9. The molecule has 1 amide bonds. The van der Waals surface area contributed by atoms with E-state index in [9.17, 15) is 4.79 Å². The van der Waals surface area contributed by atoms with Crippen molar-refractivity contribution in [2.45, 2.75) is 25.9 Å². The minimum Gasteiger partial charge on any atom is -0.479 e. The van der Waals surface area contributed by atoms with Gasteiger partial charge in [0, 0.05) is 13.1 Å². The van der Waals surface area contributed by atoms with Gasteiger partial charge in [0.1, 0.15) is 5.75 Å². The van der Waals surface area contributed by atoms with E-state index < -0.39 is 6.10 Å². The number of nitriles is 1. The predicted octanol–water partition coefficient (Wildman–Crippen LogP) is 2.60. The van der Waals surface area contributed by atoms with Crippen molar-refractivity contribution in [3.63, 3.8) is 0 Å². The lowest BCUT2D eigenvalue weighted by atomic mass is 10.2. The van der Waals surface area contributed by atoms with Gasteiger partial charge in [-0.3, -0.25) is 4.79 Å². The molecule has 1 aliphatic heterocycles. The van der Waals surface area contributed by atoms with Crippen molar-refractivity contribution in [2.24, 2.45) is 0 Å². The van der Waals surface area contributed by atoms with Gasteiger partial charge in [-0.2, -0.15) is 5.26 Å². The molecule has 1 heterocycles. The van der Waals surface area contributed by atoms with Crippen LogP contribution < -0.4 is 4.74 Å². The van der Waals surface area contributed by atoms with Gasteiger partial charge in [0.25, 0.3) is 5.91 Å². The average molecular weight is 279 g/mol. The Morgan fingerprint density at radius 2 is 2.16 bits per heavy atom. The van der Waals surface area contributed by atoms with Crippen LogP contribution in [-0.4, -0.2) is 30.0 Å². The van der Waals surface area contributed by atoms with E-state index >= 15 is 0 Å². The Morgan fingerprint density at radius 3 is 2.74 bits per heavy atom. The van der Waals surface area contributed by atoms with Crippen molar-refractivity contribution in [3.05, 3.63) is 28.8 Å². The molecule has 0 radical (unpaired) electrons. The van der Waals surface area contributed by atoms with Crippen LogP contribution in [0.3, 0.4) is 0 Å². The second-order valence-corrected chi connectivity index (χ2v) is 4.96. The van der Waals surface area contributed by atoms with Gasteiger partial charge < -0.3 is 9.64 Å². The molecule has 1 aliphatic rings. The van der Waals surface area contributed by atoms with E-state index in [4.69, 9.17) is 21.6 Å². The summed E-state index contributed by atoms with van der Waals surface area (Å²) in [6.07, 6.45) is 1.54. The molecule has 19 heavy (non-hydrogen) atoms. The number of carbonyl (C=O) groups is 1. The van der Waals surface area contributed by atoms with E-state index in [0.717, 1.165) is 25.9 Å². The van der Waals surface area contributed by atoms with Gasteiger partial charge in [-0.25, -0.2) is 0 Å². The van der Waals surface area contributed by atoms with Crippen LogP contribution in [0.1, 0.15) is 25.3 Å². The molecule has 0 saturated carbocycles. The smallest absolute Gasteiger partial charge is 0.263 e. The number of ether oxygens (including phenoxy) is 1. The summed E-state index contributed by atoms with van der Waals surface area (Å²) in [6, 6.07) is 6.77. The lowest BCUT2D eigenvalue weighted by molar-refractivity contribution is -0.136. The first kappa shape index (κ1) is 13.7. The maximum absolute atomic E-state index is 12.1. The van der Waals surface area contributed by atoms with Crippen LogP contribution in [0.4, 0.5) is 0 Å². The lowest BCUT2D eigenvalue weighted by Crippen LogP contribution is -2.38. The summed E-state index contributed by atoms with van der Waals surface area (Å²) in [5, 5.41) is 9.10. The monoisotopic (exact) mass is 278 g/mol. The fourth-order valence-corrected chi connectivity index (χ4v) is 2.33. The fraction of sp³-hybridized carbons (Fsp3) is 0.429. The molecule has 0 aromatic heterocycles. The van der Waals surface area contributed by atoms with Gasteiger partial charge in [-0.1, -0.05) is 11.6 Å². The second kappa shape index (κ2) is 5.94. The zero-order valence-electron chi connectivity index (χ0n) is 10.7. The Morgan fingerprint density at radius 1 is 1.47 bits per heavy atom. The van der Waals surface area contributed by atoms with E-state index in [2.05, 4.69) is 0 Å². The highest BCUT2D eigenvalue weighted by Gasteiger charge is 2.24. The zero-order chi connectivity index (χ0) is 13.8. The van der Waals surface area contributed by atoms with Crippen LogP contribution in [-0.2, 0) is 4.79 Å². The van der Waals surface area contributed by atoms with E-state index in [1.165, 1.54) is 6.07 Å². The van der Waals surface area contributed by atoms with Crippen molar-refractivity contribution in [1.82, 2.24) is 4.90 Å². The first-order chi connectivity index (χ1) is 9.11. The minimum absolute atomic E-state index is 0.0158. The molecule has 5 heteroatoms. The van der Waals surface area contributed by atoms with Gasteiger partial charge in [-0.15, -0.1) is 0 Å². The van der Waals surface area contributed by atoms with Crippen LogP contribution in [0.5, 0.6) is 5.75 Å². The molecule has 0 bridgehead atoms. The molecule has 0 spiro atoms. The fourth-order valence-electron chi connectivity index (χ4n) is 2.10. The molecule has 1 fully saturated rings. The Bertz CT molecular complexity index is 519. The predicted molar refractivity (Wildman–Crippen MR) is 72.1 cm³/mol. The summed E-state index contributed by atoms with van der Waals surface area (Å²) >= 11 is 6.02. The summed E-state index contributed by atoms with van der Waals surface area (Å²) in [5.41, 5.74) is 0.468. The number of likely N-dealkylation sites (tertiary alicyclic amines) is 1. The number of halogens is 1. The molecule has 1 saturated heterocycles. The van der Waals surface area contributed by atoms with Gasteiger partial charge in [0.15, 0.2) is 6.10 Å². The van der Waals surface area contributed by atoms with E-state index in [0.29, 0.717) is 16.3 Å². The third-order valence-electron chi connectivity index (χ3n) is 3.13. The Labute approximate surface area is 117 Å². The van der Waals surface area contributed by atoms with Crippen molar-refractivity contribution in [3.8, 4) is 11.8 Å². The number of benzene rings is 1.